The second-order valence-electron chi connectivity index (χ2n) is 3.26. The Balaban J connectivity index is 2.45. The number of hydrogen-bond acceptors (Lipinski definition) is 1. The molecule has 0 radical (unpaired) electrons. The van der Waals surface area contributed by atoms with Gasteiger partial charge < -0.3 is 4.57 Å². The molecule has 0 aromatic heterocycles. The largest absolute Gasteiger partial charge is 0.311 e. The first-order chi connectivity index (χ1) is 4.75. The first-order valence-electron chi connectivity index (χ1n) is 4.07. The molecular weight excluding hydrogens is 162 g/mol. The summed E-state index contributed by atoms with van der Waals surface area (Å²) in [6.07, 6.45) is 4.10. The van der Waals surface area contributed by atoms with E-state index in [-0.39, 0.29) is 0 Å². The predicted octanol–water partition coefficient (Wildman–Crippen LogP) is 1.49. The summed E-state index contributed by atoms with van der Waals surface area (Å²) in [6.45, 7) is 4.59. The van der Waals surface area contributed by atoms with E-state index in [2.05, 4.69) is 18.4 Å². The van der Waals surface area contributed by atoms with Crippen molar-refractivity contribution in [1.82, 2.24) is 4.57 Å². The third kappa shape index (κ3) is 1.74. The van der Waals surface area contributed by atoms with Crippen LogP contribution in [-0.2, 0) is 0 Å². The van der Waals surface area contributed by atoms with E-state index in [1.165, 1.54) is 19.3 Å². The van der Waals surface area contributed by atoms with Crippen LogP contribution in [-0.4, -0.2) is 25.6 Å². The highest BCUT2D eigenvalue weighted by Gasteiger charge is 2.22. The van der Waals surface area contributed by atoms with Gasteiger partial charge in [0.2, 0.25) is 0 Å². The van der Waals surface area contributed by atoms with Crippen molar-refractivity contribution in [2.75, 3.05) is 0 Å². The summed E-state index contributed by atoms with van der Waals surface area (Å²) in [4.78, 5) is 0. The minimum absolute atomic E-state index is 0.421. The highest BCUT2D eigenvalue weighted by Crippen LogP contribution is 2.21. The molecule has 10 heavy (non-hydrogen) atoms. The van der Waals surface area contributed by atoms with Crippen LogP contribution in [0.1, 0.15) is 33.1 Å². The second kappa shape index (κ2) is 3.74. The van der Waals surface area contributed by atoms with Crippen LogP contribution in [0.4, 0.5) is 0 Å². The van der Waals surface area contributed by atoms with Crippen molar-refractivity contribution in [2.24, 2.45) is 0 Å². The number of nitrogens with zero attached hydrogens (tertiary/aromatic N) is 1. The standard InChI is InChI=1S/C7H16ClNSi/c1-6-4-3-5-7(2)9(6)10-8/h6-7H,3-5,10H2,1-2H3/t6-,7-/m1/s1. The monoisotopic (exact) mass is 177 g/mol. The molecule has 1 saturated heterocycles. The van der Waals surface area contributed by atoms with Gasteiger partial charge in [-0.2, -0.15) is 11.1 Å². The van der Waals surface area contributed by atoms with Crippen LogP contribution in [0, 0.1) is 0 Å². The second-order valence-corrected chi connectivity index (χ2v) is 4.95. The molecule has 60 valence electrons. The third-order valence-electron chi connectivity index (χ3n) is 2.51. The van der Waals surface area contributed by atoms with Crippen molar-refractivity contribution in [3.63, 3.8) is 0 Å². The van der Waals surface area contributed by atoms with Gasteiger partial charge in [-0.05, 0) is 12.8 Å². The van der Waals surface area contributed by atoms with Gasteiger partial charge in [-0.1, -0.05) is 20.3 Å². The van der Waals surface area contributed by atoms with Crippen molar-refractivity contribution in [3.8, 4) is 0 Å². The lowest BCUT2D eigenvalue weighted by molar-refractivity contribution is 0.209. The molecule has 1 rings (SSSR count). The average Bonchev–Trinajstić information content (AvgIpc) is 1.88. The minimum Gasteiger partial charge on any atom is -0.311 e. The summed E-state index contributed by atoms with van der Waals surface area (Å²) in [7, 11) is -0.421. The van der Waals surface area contributed by atoms with Gasteiger partial charge in [0.1, 0.15) is 0 Å². The van der Waals surface area contributed by atoms with Gasteiger partial charge in [0.15, 0.2) is 8.99 Å². The lowest BCUT2D eigenvalue weighted by Gasteiger charge is -2.37. The van der Waals surface area contributed by atoms with Gasteiger partial charge in [-0.15, -0.1) is 0 Å². The van der Waals surface area contributed by atoms with E-state index in [0.29, 0.717) is 0 Å². The molecule has 0 N–H and O–H groups in total. The number of halogens is 1. The summed E-state index contributed by atoms with van der Waals surface area (Å²) in [5.41, 5.74) is 0. The Morgan fingerprint density at radius 1 is 1.30 bits per heavy atom. The first kappa shape index (κ1) is 8.56. The zero-order valence-electron chi connectivity index (χ0n) is 6.81. The maximum atomic E-state index is 5.93. The van der Waals surface area contributed by atoms with Crippen molar-refractivity contribution in [1.29, 1.82) is 0 Å². The smallest absolute Gasteiger partial charge is 0.198 e. The number of piperidine rings is 1. The SMILES string of the molecule is C[C@@H]1CCC[C@@H](C)N1[SiH2]Cl. The zero-order chi connectivity index (χ0) is 7.56. The van der Waals surface area contributed by atoms with Crippen LogP contribution in [0.25, 0.3) is 0 Å². The van der Waals surface area contributed by atoms with Gasteiger partial charge >= 0.3 is 0 Å². The summed E-state index contributed by atoms with van der Waals surface area (Å²) in [6, 6.07) is 1.51. The first-order valence-corrected chi connectivity index (χ1v) is 6.84. The topological polar surface area (TPSA) is 3.24 Å². The van der Waals surface area contributed by atoms with E-state index in [1.54, 1.807) is 0 Å². The van der Waals surface area contributed by atoms with Crippen LogP contribution >= 0.6 is 11.1 Å². The van der Waals surface area contributed by atoms with E-state index in [1.807, 2.05) is 0 Å². The minimum atomic E-state index is -0.421. The van der Waals surface area contributed by atoms with Crippen LogP contribution in [0.3, 0.4) is 0 Å². The Bertz CT molecular complexity index is 99.8. The molecule has 2 atom stereocenters. The molecule has 1 nitrogen and oxygen atoms in total. The van der Waals surface area contributed by atoms with E-state index in [0.717, 1.165) is 12.1 Å². The van der Waals surface area contributed by atoms with Gasteiger partial charge in [-0.25, -0.2) is 0 Å². The van der Waals surface area contributed by atoms with E-state index < -0.39 is 8.99 Å². The van der Waals surface area contributed by atoms with Crippen LogP contribution in [0.5, 0.6) is 0 Å². The van der Waals surface area contributed by atoms with Crippen molar-refractivity contribution in [3.05, 3.63) is 0 Å². The van der Waals surface area contributed by atoms with Crippen molar-refractivity contribution in [2.45, 2.75) is 45.2 Å². The quantitative estimate of drug-likeness (QED) is 0.434. The summed E-state index contributed by atoms with van der Waals surface area (Å²) in [5, 5.41) is 0. The molecule has 3 heteroatoms. The fourth-order valence-corrected chi connectivity index (χ4v) is 3.96. The van der Waals surface area contributed by atoms with Crippen molar-refractivity contribution < 1.29 is 0 Å². The van der Waals surface area contributed by atoms with Crippen LogP contribution < -0.4 is 0 Å². The Hall–Kier alpha value is 0.467. The van der Waals surface area contributed by atoms with Crippen LogP contribution in [0.15, 0.2) is 0 Å². The maximum Gasteiger partial charge on any atom is 0.198 e. The molecule has 0 bridgehead atoms. The highest BCUT2D eigenvalue weighted by atomic mass is 35.6. The van der Waals surface area contributed by atoms with Crippen LogP contribution in [0.2, 0.25) is 0 Å². The molecule has 0 saturated carbocycles. The highest BCUT2D eigenvalue weighted by molar-refractivity contribution is 6.92. The van der Waals surface area contributed by atoms with Gasteiger partial charge in [0, 0.05) is 12.1 Å². The average molecular weight is 178 g/mol. The number of hydrogen-bond donors (Lipinski definition) is 0. The normalized spacial score (nSPS) is 37.5. The third-order valence-corrected chi connectivity index (χ3v) is 4.86. The molecule has 0 aromatic carbocycles. The fraction of sp³-hybridized carbons (Fsp3) is 1.00. The van der Waals surface area contributed by atoms with E-state index in [4.69, 9.17) is 11.1 Å². The molecule has 0 spiro atoms. The van der Waals surface area contributed by atoms with Gasteiger partial charge in [0.05, 0.1) is 0 Å². The lowest BCUT2D eigenvalue weighted by Crippen LogP contribution is -2.44. The molecule has 1 heterocycles. The summed E-state index contributed by atoms with van der Waals surface area (Å²) >= 11 is 5.93. The molecule has 1 fully saturated rings. The van der Waals surface area contributed by atoms with E-state index in [9.17, 15) is 0 Å². The Labute approximate surface area is 70.3 Å². The number of rotatable bonds is 1. The lowest BCUT2D eigenvalue weighted by atomic mass is 10.0. The molecular formula is C7H16ClNSi. The molecule has 0 amide bonds. The molecule has 0 aliphatic carbocycles. The zero-order valence-corrected chi connectivity index (χ0v) is 8.98. The maximum absolute atomic E-state index is 5.93. The Morgan fingerprint density at radius 3 is 2.10 bits per heavy atom. The Kier molecular flexibility index (Phi) is 3.20. The van der Waals surface area contributed by atoms with E-state index >= 15 is 0 Å². The van der Waals surface area contributed by atoms with Gasteiger partial charge in [0.25, 0.3) is 0 Å². The van der Waals surface area contributed by atoms with Gasteiger partial charge in [-0.3, -0.25) is 0 Å². The van der Waals surface area contributed by atoms with Crippen molar-refractivity contribution >= 4 is 20.1 Å². The Morgan fingerprint density at radius 2 is 1.80 bits per heavy atom. The summed E-state index contributed by atoms with van der Waals surface area (Å²) in [5.74, 6) is 0. The fourth-order valence-electron chi connectivity index (χ4n) is 1.71. The molecule has 1 aliphatic rings. The molecule has 0 aromatic rings. The predicted molar refractivity (Wildman–Crippen MR) is 49.0 cm³/mol. The molecule has 1 aliphatic heterocycles. The summed E-state index contributed by atoms with van der Waals surface area (Å²) < 4.78 is 2.51. The molecule has 0 unspecified atom stereocenters.